The molecule has 4 rings (SSSR count). The second kappa shape index (κ2) is 3.67. The molecule has 4 nitrogen and oxygen atoms in total. The van der Waals surface area contributed by atoms with Crippen LogP contribution in [0, 0.1) is 5.92 Å². The van der Waals surface area contributed by atoms with Crippen molar-refractivity contribution < 1.29 is 19.2 Å². The van der Waals surface area contributed by atoms with E-state index in [4.69, 9.17) is 19.2 Å². The molecule has 4 heteroatoms. The molecule has 2 bridgehead atoms. The normalized spacial score (nSPS) is 52.1. The summed E-state index contributed by atoms with van der Waals surface area (Å²) >= 11 is 0. The third kappa shape index (κ3) is 1.44. The smallest absolute Gasteiger partial charge is 0.201 e. The van der Waals surface area contributed by atoms with E-state index >= 15 is 0 Å². The number of ether oxygens (including phenoxy) is 2. The predicted octanol–water partition coefficient (Wildman–Crippen LogP) is 2.38. The molecule has 4 fully saturated rings. The number of hydrogen-bond donors (Lipinski definition) is 0. The fourth-order valence-electron chi connectivity index (χ4n) is 3.38. The average molecular weight is 228 g/mol. The lowest BCUT2D eigenvalue weighted by Gasteiger charge is -2.48. The van der Waals surface area contributed by atoms with Gasteiger partial charge in [-0.05, 0) is 32.1 Å². The fourth-order valence-corrected chi connectivity index (χ4v) is 3.38. The molecule has 0 N–H and O–H groups in total. The molecule has 0 radical (unpaired) electrons. The number of fused-ring (bicyclic) bond motifs is 3. The highest BCUT2D eigenvalue weighted by Crippen LogP contribution is 2.51. The molecule has 4 aliphatic rings. The Morgan fingerprint density at radius 2 is 2.00 bits per heavy atom. The van der Waals surface area contributed by atoms with Crippen LogP contribution in [0.25, 0.3) is 0 Å². The monoisotopic (exact) mass is 228 g/mol. The minimum absolute atomic E-state index is 0.279. The first-order valence-electron chi connectivity index (χ1n) is 6.26. The fraction of sp³-hybridized carbons (Fsp3) is 1.00. The van der Waals surface area contributed by atoms with Crippen LogP contribution in [0.2, 0.25) is 0 Å². The molecule has 0 aromatic heterocycles. The SMILES string of the molecule is COC1O[C@]2(C)CC[C@@H]3CCCC[C@]13OO2. The molecule has 1 spiro atoms. The van der Waals surface area contributed by atoms with Crippen LogP contribution in [-0.2, 0) is 19.2 Å². The summed E-state index contributed by atoms with van der Waals surface area (Å²) < 4.78 is 11.4. The first-order valence-corrected chi connectivity index (χ1v) is 6.26. The Kier molecular flexibility index (Phi) is 2.51. The molecular formula is C12H20O4. The maximum Gasteiger partial charge on any atom is 0.201 e. The van der Waals surface area contributed by atoms with E-state index in [-0.39, 0.29) is 11.9 Å². The summed E-state index contributed by atoms with van der Waals surface area (Å²) in [6.45, 7) is 1.93. The Hall–Kier alpha value is -0.160. The molecular weight excluding hydrogens is 208 g/mol. The molecule has 92 valence electrons. The van der Waals surface area contributed by atoms with E-state index in [1.807, 2.05) is 6.92 Å². The summed E-state index contributed by atoms with van der Waals surface area (Å²) in [6, 6.07) is 0. The van der Waals surface area contributed by atoms with Crippen molar-refractivity contribution in [2.75, 3.05) is 7.11 Å². The Labute approximate surface area is 96.1 Å². The maximum absolute atomic E-state index is 5.94. The van der Waals surface area contributed by atoms with Crippen molar-refractivity contribution in [2.45, 2.75) is 63.1 Å². The second-order valence-electron chi connectivity index (χ2n) is 5.42. The average Bonchev–Trinajstić information content (AvgIpc) is 2.53. The molecule has 1 saturated carbocycles. The van der Waals surface area contributed by atoms with E-state index in [0.717, 1.165) is 19.3 Å². The van der Waals surface area contributed by atoms with E-state index in [1.54, 1.807) is 7.11 Å². The van der Waals surface area contributed by atoms with E-state index < -0.39 is 5.79 Å². The molecule has 0 amide bonds. The van der Waals surface area contributed by atoms with Crippen LogP contribution >= 0.6 is 0 Å². The Bertz CT molecular complexity index is 278. The van der Waals surface area contributed by atoms with E-state index in [0.29, 0.717) is 5.92 Å². The van der Waals surface area contributed by atoms with Crippen molar-refractivity contribution in [3.63, 3.8) is 0 Å². The van der Waals surface area contributed by atoms with Crippen LogP contribution < -0.4 is 0 Å². The second-order valence-corrected chi connectivity index (χ2v) is 5.42. The highest BCUT2D eigenvalue weighted by Gasteiger charge is 2.59. The lowest BCUT2D eigenvalue weighted by molar-refractivity contribution is -0.547. The first kappa shape index (κ1) is 11.0. The molecule has 1 aliphatic carbocycles. The zero-order valence-corrected chi connectivity index (χ0v) is 10.0. The van der Waals surface area contributed by atoms with E-state index in [1.165, 1.54) is 19.3 Å². The first-order chi connectivity index (χ1) is 7.69. The van der Waals surface area contributed by atoms with Gasteiger partial charge in [-0.15, -0.1) is 0 Å². The Morgan fingerprint density at radius 3 is 2.81 bits per heavy atom. The molecule has 0 aromatic rings. The van der Waals surface area contributed by atoms with Gasteiger partial charge in [-0.25, -0.2) is 9.78 Å². The number of rotatable bonds is 1. The Morgan fingerprint density at radius 1 is 1.12 bits per heavy atom. The zero-order chi connectivity index (χ0) is 11.2. The van der Waals surface area contributed by atoms with Crippen molar-refractivity contribution in [1.82, 2.24) is 0 Å². The summed E-state index contributed by atoms with van der Waals surface area (Å²) in [5.41, 5.74) is -0.358. The molecule has 16 heavy (non-hydrogen) atoms. The molecule has 3 saturated heterocycles. The Balaban J connectivity index is 1.96. The van der Waals surface area contributed by atoms with Crippen LogP contribution in [0.3, 0.4) is 0 Å². The van der Waals surface area contributed by atoms with Gasteiger partial charge in [-0.3, -0.25) is 0 Å². The number of hydrogen-bond acceptors (Lipinski definition) is 4. The quantitative estimate of drug-likeness (QED) is 0.646. The van der Waals surface area contributed by atoms with Gasteiger partial charge < -0.3 is 9.47 Å². The van der Waals surface area contributed by atoms with Crippen LogP contribution in [0.1, 0.15) is 45.4 Å². The van der Waals surface area contributed by atoms with Crippen LogP contribution in [0.4, 0.5) is 0 Å². The van der Waals surface area contributed by atoms with Crippen molar-refractivity contribution >= 4 is 0 Å². The largest absolute Gasteiger partial charge is 0.353 e. The van der Waals surface area contributed by atoms with Crippen molar-refractivity contribution in [3.05, 3.63) is 0 Å². The maximum atomic E-state index is 5.94. The molecule has 3 aliphatic heterocycles. The summed E-state index contributed by atoms with van der Waals surface area (Å²) in [6.07, 6.45) is 6.34. The lowest BCUT2D eigenvalue weighted by atomic mass is 9.73. The van der Waals surface area contributed by atoms with Crippen LogP contribution in [0.5, 0.6) is 0 Å². The lowest BCUT2D eigenvalue weighted by Crippen LogP contribution is -2.59. The highest BCUT2D eigenvalue weighted by molar-refractivity contribution is 4.99. The van der Waals surface area contributed by atoms with Gasteiger partial charge >= 0.3 is 0 Å². The van der Waals surface area contributed by atoms with Gasteiger partial charge in [-0.1, -0.05) is 12.8 Å². The van der Waals surface area contributed by atoms with Crippen LogP contribution in [0.15, 0.2) is 0 Å². The topological polar surface area (TPSA) is 36.9 Å². The summed E-state index contributed by atoms with van der Waals surface area (Å²) in [4.78, 5) is 11.2. The summed E-state index contributed by atoms with van der Waals surface area (Å²) in [5, 5.41) is 0. The summed E-state index contributed by atoms with van der Waals surface area (Å²) in [7, 11) is 1.69. The zero-order valence-electron chi connectivity index (χ0n) is 10.0. The third-order valence-electron chi connectivity index (χ3n) is 4.35. The molecule has 0 aromatic carbocycles. The van der Waals surface area contributed by atoms with Gasteiger partial charge in [0.05, 0.1) is 0 Å². The van der Waals surface area contributed by atoms with E-state index in [9.17, 15) is 0 Å². The van der Waals surface area contributed by atoms with Crippen LogP contribution in [-0.4, -0.2) is 24.8 Å². The van der Waals surface area contributed by atoms with Gasteiger partial charge in [0.1, 0.15) is 0 Å². The highest BCUT2D eigenvalue weighted by atomic mass is 17.3. The predicted molar refractivity (Wildman–Crippen MR) is 56.4 cm³/mol. The van der Waals surface area contributed by atoms with Gasteiger partial charge in [0.25, 0.3) is 0 Å². The van der Waals surface area contributed by atoms with Crippen molar-refractivity contribution in [1.29, 1.82) is 0 Å². The standard InChI is InChI=1S/C12H20O4/c1-11-8-6-9-5-3-4-7-12(9,16-15-11)10(13-2)14-11/h9-10H,3-8H2,1-2H3/t9-,10?,11-,12+/m0/s1. The molecule has 3 heterocycles. The number of methoxy groups -OCH3 is 1. The van der Waals surface area contributed by atoms with Gasteiger partial charge in [0.2, 0.25) is 5.79 Å². The third-order valence-corrected chi connectivity index (χ3v) is 4.35. The van der Waals surface area contributed by atoms with Gasteiger partial charge in [0, 0.05) is 13.5 Å². The minimum atomic E-state index is -0.622. The molecule has 1 unspecified atom stereocenters. The van der Waals surface area contributed by atoms with Gasteiger partial charge in [0.15, 0.2) is 11.9 Å². The molecule has 4 atom stereocenters. The van der Waals surface area contributed by atoms with E-state index in [2.05, 4.69) is 0 Å². The van der Waals surface area contributed by atoms with Gasteiger partial charge in [-0.2, -0.15) is 0 Å². The minimum Gasteiger partial charge on any atom is -0.353 e. The summed E-state index contributed by atoms with van der Waals surface area (Å²) in [5.74, 6) is -0.112. The van der Waals surface area contributed by atoms with Crippen molar-refractivity contribution in [3.8, 4) is 0 Å². The van der Waals surface area contributed by atoms with Crippen molar-refractivity contribution in [2.24, 2.45) is 5.92 Å².